The highest BCUT2D eigenvalue weighted by atomic mass is 32.2. The summed E-state index contributed by atoms with van der Waals surface area (Å²) in [6.45, 7) is 0. The molecule has 0 aliphatic heterocycles. The molecule has 0 bridgehead atoms. The predicted molar refractivity (Wildman–Crippen MR) is 104 cm³/mol. The number of aromatic nitrogens is 3. The molecule has 2 aromatic carbocycles. The Balaban J connectivity index is 1.79. The summed E-state index contributed by atoms with van der Waals surface area (Å²) in [5.74, 6) is -0.565. The van der Waals surface area contributed by atoms with Gasteiger partial charge in [0, 0.05) is 22.4 Å². The zero-order valence-corrected chi connectivity index (χ0v) is 16.6. The first-order valence-electron chi connectivity index (χ1n) is 8.30. The Morgan fingerprint density at radius 3 is 2.66 bits per heavy atom. The maximum absolute atomic E-state index is 13.5. The largest absolute Gasteiger partial charge is 0.496 e. The smallest absolute Gasteiger partial charge is 0.196 e. The van der Waals surface area contributed by atoms with Gasteiger partial charge >= 0.3 is 0 Å². The van der Waals surface area contributed by atoms with Gasteiger partial charge in [0.05, 0.1) is 24.4 Å². The van der Waals surface area contributed by atoms with Crippen LogP contribution in [0.4, 0.5) is 8.78 Å². The molecule has 0 aliphatic carbocycles. The molecule has 0 aliphatic rings. The number of benzene rings is 2. The van der Waals surface area contributed by atoms with Gasteiger partial charge in [0.25, 0.3) is 0 Å². The summed E-state index contributed by atoms with van der Waals surface area (Å²) in [7, 11) is -2.31. The number of thiazole rings is 1. The maximum Gasteiger partial charge on any atom is 0.196 e. The summed E-state index contributed by atoms with van der Waals surface area (Å²) in [5, 5.41) is 8.87. The summed E-state index contributed by atoms with van der Waals surface area (Å²) >= 11 is 0.694. The molecule has 10 heteroatoms. The van der Waals surface area contributed by atoms with E-state index in [1.807, 2.05) is 0 Å². The number of rotatable bonds is 5. The molecular formula is C19H13F2N3O3S2. The van der Waals surface area contributed by atoms with E-state index in [-0.39, 0.29) is 15.7 Å². The van der Waals surface area contributed by atoms with Crippen molar-refractivity contribution < 1.29 is 21.9 Å². The average molecular weight is 433 g/mol. The van der Waals surface area contributed by atoms with Gasteiger partial charge in [-0.15, -0.1) is 5.10 Å². The summed E-state index contributed by atoms with van der Waals surface area (Å²) in [5.41, 5.74) is 0.964. The average Bonchev–Trinajstić information content (AvgIpc) is 3.11. The van der Waals surface area contributed by atoms with Gasteiger partial charge < -0.3 is 4.74 Å². The highest BCUT2D eigenvalue weighted by Crippen LogP contribution is 2.34. The van der Waals surface area contributed by atoms with E-state index in [1.165, 1.54) is 43.6 Å². The van der Waals surface area contributed by atoms with Gasteiger partial charge in [-0.05, 0) is 24.3 Å². The molecule has 2 aromatic heterocycles. The van der Waals surface area contributed by atoms with Crippen molar-refractivity contribution in [2.24, 2.45) is 0 Å². The van der Waals surface area contributed by atoms with Crippen molar-refractivity contribution in [3.05, 3.63) is 64.7 Å². The molecule has 0 amide bonds. The summed E-state index contributed by atoms with van der Waals surface area (Å²) in [6, 6.07) is 8.58. The summed E-state index contributed by atoms with van der Waals surface area (Å²) in [6.07, 6.45) is 2.44. The normalized spacial score (nSPS) is 11.7. The molecule has 0 saturated carbocycles. The lowest BCUT2D eigenvalue weighted by Gasteiger charge is -2.11. The molecule has 4 aromatic rings. The number of sulfone groups is 1. The Hall–Kier alpha value is -2.98. The minimum atomic E-state index is -3.73. The molecule has 4 rings (SSSR count). The van der Waals surface area contributed by atoms with E-state index in [0.29, 0.717) is 33.4 Å². The second-order valence-electron chi connectivity index (χ2n) is 6.10. The summed E-state index contributed by atoms with van der Waals surface area (Å²) < 4.78 is 57.3. The van der Waals surface area contributed by atoms with Crippen LogP contribution in [0.2, 0.25) is 0 Å². The van der Waals surface area contributed by atoms with Crippen LogP contribution in [0.15, 0.2) is 53.7 Å². The van der Waals surface area contributed by atoms with E-state index < -0.39 is 26.5 Å². The molecule has 0 unspecified atom stereocenters. The molecule has 2 heterocycles. The number of ether oxygens (including phenoxy) is 1. The molecular weight excluding hydrogens is 420 g/mol. The zero-order valence-electron chi connectivity index (χ0n) is 15.0. The number of halogens is 2. The Morgan fingerprint density at radius 2 is 1.93 bits per heavy atom. The minimum absolute atomic E-state index is 0.0608. The molecule has 29 heavy (non-hydrogen) atoms. The third-order valence-corrected chi connectivity index (χ3v) is 6.84. The van der Waals surface area contributed by atoms with Crippen LogP contribution >= 0.6 is 11.3 Å². The topological polar surface area (TPSA) is 82.0 Å². The zero-order chi connectivity index (χ0) is 20.6. The number of hydrogen-bond donors (Lipinski definition) is 0. The van der Waals surface area contributed by atoms with Crippen molar-refractivity contribution in [2.45, 2.75) is 10.6 Å². The molecule has 0 fully saturated rings. The van der Waals surface area contributed by atoms with Crippen molar-refractivity contribution in [2.75, 3.05) is 7.11 Å². The van der Waals surface area contributed by atoms with Crippen molar-refractivity contribution >= 4 is 31.9 Å². The van der Waals surface area contributed by atoms with E-state index in [9.17, 15) is 17.2 Å². The predicted octanol–water partition coefficient (Wildman–Crippen LogP) is 4.01. The lowest BCUT2D eigenvalue weighted by atomic mass is 10.0. The van der Waals surface area contributed by atoms with Gasteiger partial charge in [0.15, 0.2) is 15.0 Å². The van der Waals surface area contributed by atoms with Gasteiger partial charge in [-0.1, -0.05) is 17.4 Å². The van der Waals surface area contributed by atoms with Crippen LogP contribution < -0.4 is 4.74 Å². The fraction of sp³-hybridized carbons (Fsp3) is 0.105. The molecule has 0 atom stereocenters. The van der Waals surface area contributed by atoms with E-state index >= 15 is 0 Å². The Kier molecular flexibility index (Phi) is 4.97. The van der Waals surface area contributed by atoms with Crippen LogP contribution in [0, 0.1) is 10.9 Å². The van der Waals surface area contributed by atoms with E-state index in [0.717, 1.165) is 6.20 Å². The van der Waals surface area contributed by atoms with Gasteiger partial charge in [-0.25, -0.2) is 17.8 Å². The van der Waals surface area contributed by atoms with Crippen LogP contribution in [0.3, 0.4) is 0 Å². The standard InChI is InChI=1S/C19H13F2N3O3S2/c1-27-16-7-12(20)2-4-15(16)19-14-5-3-13(6-11(14)8-23-24-19)29(25,26)10-18-22-9-17(21)28-18/h2-9H,10H2,1H3. The third kappa shape index (κ3) is 3.81. The second-order valence-corrected chi connectivity index (χ2v) is 9.16. The van der Waals surface area contributed by atoms with Gasteiger partial charge in [-0.2, -0.15) is 9.49 Å². The summed E-state index contributed by atoms with van der Waals surface area (Å²) in [4.78, 5) is 3.83. The molecule has 0 spiro atoms. The van der Waals surface area contributed by atoms with Crippen molar-refractivity contribution in [3.8, 4) is 17.0 Å². The first kappa shape index (κ1) is 19.3. The second kappa shape index (κ2) is 7.45. The van der Waals surface area contributed by atoms with E-state index in [4.69, 9.17) is 4.74 Å². The highest BCUT2D eigenvalue weighted by molar-refractivity contribution is 7.90. The number of nitrogens with zero attached hydrogens (tertiary/aromatic N) is 3. The van der Waals surface area contributed by atoms with Crippen molar-refractivity contribution in [1.29, 1.82) is 0 Å². The van der Waals surface area contributed by atoms with Gasteiger partial charge in [-0.3, -0.25) is 0 Å². The van der Waals surface area contributed by atoms with Crippen LogP contribution in [-0.2, 0) is 15.6 Å². The van der Waals surface area contributed by atoms with Gasteiger partial charge in [0.2, 0.25) is 0 Å². The fourth-order valence-electron chi connectivity index (χ4n) is 2.92. The molecule has 0 N–H and O–H groups in total. The lowest BCUT2D eigenvalue weighted by molar-refractivity contribution is 0.413. The number of fused-ring (bicyclic) bond motifs is 1. The van der Waals surface area contributed by atoms with Crippen LogP contribution in [0.5, 0.6) is 5.75 Å². The SMILES string of the molecule is COc1cc(F)ccc1-c1nncc2cc(S(=O)(=O)Cc3ncc(F)s3)ccc12. The van der Waals surface area contributed by atoms with E-state index in [1.54, 1.807) is 6.07 Å². The van der Waals surface area contributed by atoms with Crippen molar-refractivity contribution in [3.63, 3.8) is 0 Å². The van der Waals surface area contributed by atoms with Crippen LogP contribution in [0.25, 0.3) is 22.0 Å². The monoisotopic (exact) mass is 433 g/mol. The minimum Gasteiger partial charge on any atom is -0.496 e. The van der Waals surface area contributed by atoms with Crippen molar-refractivity contribution in [1.82, 2.24) is 15.2 Å². The molecule has 148 valence electrons. The lowest BCUT2D eigenvalue weighted by Crippen LogP contribution is -2.05. The maximum atomic E-state index is 13.5. The first-order chi connectivity index (χ1) is 13.9. The first-order valence-corrected chi connectivity index (χ1v) is 10.8. The van der Waals surface area contributed by atoms with Crippen LogP contribution in [-0.4, -0.2) is 30.7 Å². The molecule has 0 saturated heterocycles. The Morgan fingerprint density at radius 1 is 1.10 bits per heavy atom. The Bertz CT molecular complexity index is 1320. The third-order valence-electron chi connectivity index (χ3n) is 4.25. The quantitative estimate of drug-likeness (QED) is 0.473. The highest BCUT2D eigenvalue weighted by Gasteiger charge is 2.20. The molecule has 0 radical (unpaired) electrons. The number of methoxy groups -OCH3 is 1. The van der Waals surface area contributed by atoms with Crippen LogP contribution in [0.1, 0.15) is 5.01 Å². The Labute approximate surface area is 168 Å². The van der Waals surface area contributed by atoms with E-state index in [2.05, 4.69) is 15.2 Å². The fourth-order valence-corrected chi connectivity index (χ4v) is 5.20. The molecule has 6 nitrogen and oxygen atoms in total. The number of hydrogen-bond acceptors (Lipinski definition) is 7. The van der Waals surface area contributed by atoms with Gasteiger partial charge in [0.1, 0.15) is 28.0 Å².